The molecule has 1 aliphatic heterocycles. The minimum Gasteiger partial charge on any atom is -0.463 e. The van der Waals surface area contributed by atoms with Crippen molar-refractivity contribution in [2.24, 2.45) is 11.8 Å². The van der Waals surface area contributed by atoms with Gasteiger partial charge in [-0.1, -0.05) is 38.5 Å². The van der Waals surface area contributed by atoms with Crippen LogP contribution in [0.5, 0.6) is 0 Å². The Hall–Kier alpha value is -2.72. The summed E-state index contributed by atoms with van der Waals surface area (Å²) in [5.74, 6) is 0.287. The fraction of sp³-hybridized carbons (Fsp3) is 0.714. The third kappa shape index (κ3) is 5.66. The largest absolute Gasteiger partial charge is 0.463 e. The first-order chi connectivity index (χ1) is 18.3. The van der Waals surface area contributed by atoms with E-state index in [0.717, 1.165) is 51.4 Å². The molecule has 208 valence electrons. The summed E-state index contributed by atoms with van der Waals surface area (Å²) in [5.41, 5.74) is 5.84. The van der Waals surface area contributed by atoms with Crippen molar-refractivity contribution in [3.05, 3.63) is 24.2 Å². The zero-order chi connectivity index (χ0) is 26.7. The minimum absolute atomic E-state index is 0.111. The monoisotopic (exact) mass is 528 g/mol. The molecule has 1 saturated heterocycles. The molecule has 0 unspecified atom stereocenters. The smallest absolute Gasteiger partial charge is 0.306 e. The molecular formula is C28H40N4O6. The third-order valence-electron chi connectivity index (χ3n) is 8.66. The zero-order valence-corrected chi connectivity index (χ0v) is 22.2. The van der Waals surface area contributed by atoms with Crippen molar-refractivity contribution in [3.63, 3.8) is 0 Å². The van der Waals surface area contributed by atoms with Gasteiger partial charge in [-0.2, -0.15) is 5.10 Å². The topological polar surface area (TPSA) is 138 Å². The van der Waals surface area contributed by atoms with Gasteiger partial charge in [0, 0.05) is 12.8 Å². The number of nitrogens with zero attached hydrogens (tertiary/aromatic N) is 3. The van der Waals surface area contributed by atoms with Crippen molar-refractivity contribution in [2.45, 2.75) is 108 Å². The van der Waals surface area contributed by atoms with Gasteiger partial charge in [-0.25, -0.2) is 9.50 Å². The number of fused-ring (bicyclic) bond motifs is 1. The van der Waals surface area contributed by atoms with E-state index in [2.05, 4.69) is 10.1 Å². The molecule has 10 heteroatoms. The number of carbonyl (C=O) groups is 2. The van der Waals surface area contributed by atoms with Crippen LogP contribution >= 0.6 is 0 Å². The summed E-state index contributed by atoms with van der Waals surface area (Å²) in [7, 11) is 0. The first-order valence-corrected chi connectivity index (χ1v) is 14.1. The number of aliphatic hydroxyl groups excluding tert-OH is 1. The molecule has 3 heterocycles. The van der Waals surface area contributed by atoms with Crippen molar-refractivity contribution in [1.82, 2.24) is 14.6 Å². The highest BCUT2D eigenvalue weighted by Crippen LogP contribution is 2.42. The number of hydrogen-bond donors (Lipinski definition) is 2. The van der Waals surface area contributed by atoms with Gasteiger partial charge >= 0.3 is 11.9 Å². The zero-order valence-electron chi connectivity index (χ0n) is 22.2. The number of aliphatic hydroxyl groups is 1. The summed E-state index contributed by atoms with van der Waals surface area (Å²) in [5, 5.41) is 15.8. The number of esters is 2. The molecule has 0 amide bonds. The van der Waals surface area contributed by atoms with Gasteiger partial charge in [-0.3, -0.25) is 9.59 Å². The Labute approximate surface area is 223 Å². The lowest BCUT2D eigenvalue weighted by molar-refractivity contribution is -0.161. The predicted molar refractivity (Wildman–Crippen MR) is 139 cm³/mol. The second-order valence-electron chi connectivity index (χ2n) is 11.4. The SMILES string of the molecule is C[C@@]1(c2ccc3c(N)ncnn23)O[C@H](COC(=O)CC2CCCCC2)[C@@H](OC(=O)CC2CCCCC2)[C@H]1O. The van der Waals surface area contributed by atoms with Crippen LogP contribution in [-0.2, 0) is 29.4 Å². The van der Waals surface area contributed by atoms with Crippen molar-refractivity contribution < 1.29 is 28.9 Å². The quantitative estimate of drug-likeness (QED) is 0.491. The van der Waals surface area contributed by atoms with Gasteiger partial charge in [0.2, 0.25) is 0 Å². The van der Waals surface area contributed by atoms with E-state index in [9.17, 15) is 14.7 Å². The van der Waals surface area contributed by atoms with Crippen LogP contribution < -0.4 is 5.73 Å². The van der Waals surface area contributed by atoms with Crippen LogP contribution in [0, 0.1) is 11.8 Å². The standard InChI is InChI=1S/C28H40N4O6/c1-28(22-13-12-20-27(29)30-17-31-32(20)22)26(35)25(37-24(34)15-19-10-6-3-7-11-19)21(38-28)16-36-23(33)14-18-8-4-2-5-9-18/h12-13,17-19,21,25-26,35H,2-11,14-16H2,1H3,(H2,29,30,31)/t21-,25-,26-,28+/m1/s1. The van der Waals surface area contributed by atoms with Crippen molar-refractivity contribution in [3.8, 4) is 0 Å². The molecule has 2 aromatic heterocycles. The van der Waals surface area contributed by atoms with Gasteiger partial charge in [0.1, 0.15) is 36.3 Å². The van der Waals surface area contributed by atoms with Crippen molar-refractivity contribution >= 4 is 23.3 Å². The Kier molecular flexibility index (Phi) is 8.18. The predicted octanol–water partition coefficient (Wildman–Crippen LogP) is 3.68. The van der Waals surface area contributed by atoms with Gasteiger partial charge in [0.25, 0.3) is 0 Å². The number of ether oxygens (including phenoxy) is 3. The average Bonchev–Trinajstić information content (AvgIpc) is 3.46. The third-order valence-corrected chi connectivity index (χ3v) is 8.66. The summed E-state index contributed by atoms with van der Waals surface area (Å²) >= 11 is 0. The van der Waals surface area contributed by atoms with E-state index in [-0.39, 0.29) is 18.5 Å². The fourth-order valence-corrected chi connectivity index (χ4v) is 6.47. The Balaban J connectivity index is 1.32. The Morgan fingerprint density at radius 2 is 1.68 bits per heavy atom. The van der Waals surface area contributed by atoms with Crippen LogP contribution in [0.3, 0.4) is 0 Å². The highest BCUT2D eigenvalue weighted by molar-refractivity contribution is 5.71. The van der Waals surface area contributed by atoms with E-state index in [1.54, 1.807) is 23.6 Å². The lowest BCUT2D eigenvalue weighted by Crippen LogP contribution is -2.42. The van der Waals surface area contributed by atoms with Crippen molar-refractivity contribution in [1.29, 1.82) is 0 Å². The number of nitrogen functional groups attached to an aromatic ring is 1. The van der Waals surface area contributed by atoms with Crippen LogP contribution in [0.4, 0.5) is 5.82 Å². The van der Waals surface area contributed by atoms with E-state index in [1.165, 1.54) is 19.2 Å². The highest BCUT2D eigenvalue weighted by atomic mass is 16.6. The summed E-state index contributed by atoms with van der Waals surface area (Å²) < 4.78 is 19.5. The number of hydrogen-bond acceptors (Lipinski definition) is 9. The molecule has 2 saturated carbocycles. The van der Waals surface area contributed by atoms with E-state index >= 15 is 0 Å². The fourth-order valence-electron chi connectivity index (χ4n) is 6.47. The van der Waals surface area contributed by atoms with Gasteiger partial charge in [-0.05, 0) is 56.6 Å². The lowest BCUT2D eigenvalue weighted by Gasteiger charge is -2.28. The maximum atomic E-state index is 13.0. The number of aromatic nitrogens is 3. The maximum absolute atomic E-state index is 13.0. The number of rotatable bonds is 8. The molecule has 0 radical (unpaired) electrons. The lowest BCUT2D eigenvalue weighted by atomic mass is 9.87. The summed E-state index contributed by atoms with van der Waals surface area (Å²) in [6, 6.07) is 3.52. The molecular weight excluding hydrogens is 488 g/mol. The molecule has 38 heavy (non-hydrogen) atoms. The van der Waals surface area contributed by atoms with E-state index < -0.39 is 23.9 Å². The molecule has 4 atom stereocenters. The summed E-state index contributed by atoms with van der Waals surface area (Å²) in [6.07, 6.45) is 10.0. The maximum Gasteiger partial charge on any atom is 0.306 e. The highest BCUT2D eigenvalue weighted by Gasteiger charge is 2.56. The van der Waals surface area contributed by atoms with E-state index in [0.29, 0.717) is 41.7 Å². The Bertz CT molecular complexity index is 1130. The van der Waals surface area contributed by atoms with Crippen LogP contribution in [-0.4, -0.2) is 56.6 Å². The van der Waals surface area contributed by atoms with Crippen LogP contribution in [0.25, 0.3) is 5.52 Å². The molecule has 5 rings (SSSR count). The first kappa shape index (κ1) is 26.9. The summed E-state index contributed by atoms with van der Waals surface area (Å²) in [6.45, 7) is 1.61. The van der Waals surface area contributed by atoms with Gasteiger partial charge in [-0.15, -0.1) is 0 Å². The average molecular weight is 529 g/mol. The molecule has 0 spiro atoms. The van der Waals surface area contributed by atoms with Gasteiger partial charge < -0.3 is 25.1 Å². The molecule has 2 aliphatic carbocycles. The van der Waals surface area contributed by atoms with E-state index in [4.69, 9.17) is 19.9 Å². The van der Waals surface area contributed by atoms with Crippen LogP contribution in [0.15, 0.2) is 18.5 Å². The second-order valence-corrected chi connectivity index (χ2v) is 11.4. The van der Waals surface area contributed by atoms with Crippen molar-refractivity contribution in [2.75, 3.05) is 12.3 Å². The van der Waals surface area contributed by atoms with E-state index in [1.807, 2.05) is 0 Å². The second kappa shape index (κ2) is 11.6. The molecule has 3 N–H and O–H groups in total. The molecule has 0 bridgehead atoms. The molecule has 3 fully saturated rings. The number of carbonyl (C=O) groups excluding carboxylic acids is 2. The first-order valence-electron chi connectivity index (χ1n) is 14.1. The Morgan fingerprint density at radius 1 is 1.05 bits per heavy atom. The molecule has 10 nitrogen and oxygen atoms in total. The van der Waals surface area contributed by atoms with Gasteiger partial charge in [0.15, 0.2) is 11.9 Å². The Morgan fingerprint density at radius 3 is 2.34 bits per heavy atom. The number of nitrogens with two attached hydrogens (primary N) is 1. The molecule has 0 aromatic carbocycles. The minimum atomic E-state index is -1.29. The molecule has 2 aromatic rings. The van der Waals surface area contributed by atoms with Gasteiger partial charge in [0.05, 0.1) is 5.69 Å². The van der Waals surface area contributed by atoms with Crippen LogP contribution in [0.1, 0.15) is 89.7 Å². The van der Waals surface area contributed by atoms with Crippen LogP contribution in [0.2, 0.25) is 0 Å². The summed E-state index contributed by atoms with van der Waals surface area (Å²) in [4.78, 5) is 29.7. The number of anilines is 1. The normalized spacial score (nSPS) is 28.9. The molecule has 3 aliphatic rings.